The number of fused-ring (bicyclic) bond motifs is 1. The minimum absolute atomic E-state index is 0.0731. The van der Waals surface area contributed by atoms with E-state index in [1.165, 1.54) is 21.4 Å². The van der Waals surface area contributed by atoms with Crippen LogP contribution >= 0.6 is 0 Å². The molecule has 3 aromatic carbocycles. The van der Waals surface area contributed by atoms with Crippen LogP contribution in [0.15, 0.2) is 71.5 Å². The van der Waals surface area contributed by atoms with Crippen molar-refractivity contribution in [1.29, 1.82) is 0 Å². The Balaban J connectivity index is 1.37. The normalized spacial score (nSPS) is 13.9. The Hall–Kier alpha value is -3.88. The Kier molecular flexibility index (Phi) is 5.47. The number of amides is 1. The number of benzene rings is 3. The van der Waals surface area contributed by atoms with Crippen molar-refractivity contribution in [2.24, 2.45) is 0 Å². The highest BCUT2D eigenvalue weighted by atomic mass is 19.4. The second-order valence-electron chi connectivity index (χ2n) is 8.29. The van der Waals surface area contributed by atoms with Gasteiger partial charge in [-0.1, -0.05) is 48.5 Å². The van der Waals surface area contributed by atoms with Crippen LogP contribution in [0.3, 0.4) is 0 Å². The molecule has 1 fully saturated rings. The SMILES string of the molecule is O=C(NCCn1nc(-c2cccc(C(F)(F)F)c2)n(C2CC2)c1=O)c1cccc2ccccc12. The number of hydrogen-bond acceptors (Lipinski definition) is 3. The predicted octanol–water partition coefficient (Wildman–Crippen LogP) is 4.65. The molecular formula is C25H21F3N4O2. The van der Waals surface area contributed by atoms with Gasteiger partial charge in [0.2, 0.25) is 0 Å². The van der Waals surface area contributed by atoms with E-state index in [1.807, 2.05) is 30.3 Å². The molecule has 5 rings (SSSR count). The third-order valence-corrected chi connectivity index (χ3v) is 5.87. The van der Waals surface area contributed by atoms with Gasteiger partial charge >= 0.3 is 11.9 Å². The minimum Gasteiger partial charge on any atom is -0.350 e. The lowest BCUT2D eigenvalue weighted by Gasteiger charge is -2.09. The van der Waals surface area contributed by atoms with Crippen molar-refractivity contribution in [3.05, 3.63) is 88.3 Å². The van der Waals surface area contributed by atoms with Gasteiger partial charge in [-0.2, -0.15) is 13.2 Å². The van der Waals surface area contributed by atoms with Gasteiger partial charge in [-0.05, 0) is 41.8 Å². The Bertz CT molecular complexity index is 1430. The largest absolute Gasteiger partial charge is 0.416 e. The number of hydrogen-bond donors (Lipinski definition) is 1. The van der Waals surface area contributed by atoms with E-state index >= 15 is 0 Å². The van der Waals surface area contributed by atoms with E-state index in [0.717, 1.165) is 35.7 Å². The fourth-order valence-electron chi connectivity index (χ4n) is 4.05. The van der Waals surface area contributed by atoms with Gasteiger partial charge in [-0.15, -0.1) is 5.10 Å². The van der Waals surface area contributed by atoms with Crippen LogP contribution in [0.4, 0.5) is 13.2 Å². The number of nitrogens with zero attached hydrogens (tertiary/aromatic N) is 3. The Labute approximate surface area is 192 Å². The number of carbonyl (C=O) groups excluding carboxylic acids is 1. The molecule has 0 saturated heterocycles. The molecule has 1 aromatic heterocycles. The molecule has 1 aliphatic carbocycles. The number of alkyl halides is 3. The topological polar surface area (TPSA) is 68.9 Å². The fourth-order valence-corrected chi connectivity index (χ4v) is 4.05. The van der Waals surface area contributed by atoms with Gasteiger partial charge in [-0.25, -0.2) is 9.48 Å². The molecule has 0 unspecified atom stereocenters. The minimum atomic E-state index is -4.49. The third-order valence-electron chi connectivity index (χ3n) is 5.87. The number of halogens is 3. The molecule has 1 N–H and O–H groups in total. The van der Waals surface area contributed by atoms with Crippen LogP contribution in [-0.2, 0) is 12.7 Å². The maximum Gasteiger partial charge on any atom is 0.416 e. The molecule has 1 heterocycles. The predicted molar refractivity (Wildman–Crippen MR) is 121 cm³/mol. The summed E-state index contributed by atoms with van der Waals surface area (Å²) in [5.41, 5.74) is -0.429. The van der Waals surface area contributed by atoms with E-state index in [1.54, 1.807) is 12.1 Å². The summed E-state index contributed by atoms with van der Waals surface area (Å²) in [5, 5.41) is 8.91. The van der Waals surface area contributed by atoms with E-state index < -0.39 is 17.4 Å². The first-order valence-electron chi connectivity index (χ1n) is 11.0. The Morgan fingerprint density at radius 1 is 1.03 bits per heavy atom. The molecule has 1 amide bonds. The molecule has 0 bridgehead atoms. The highest BCUT2D eigenvalue weighted by Crippen LogP contribution is 2.37. The third kappa shape index (κ3) is 4.21. The lowest BCUT2D eigenvalue weighted by Crippen LogP contribution is -2.32. The van der Waals surface area contributed by atoms with Gasteiger partial charge in [0.15, 0.2) is 5.82 Å². The second-order valence-corrected chi connectivity index (χ2v) is 8.29. The monoisotopic (exact) mass is 466 g/mol. The fraction of sp³-hybridized carbons (Fsp3) is 0.240. The molecule has 9 heteroatoms. The molecule has 6 nitrogen and oxygen atoms in total. The summed E-state index contributed by atoms with van der Waals surface area (Å²) >= 11 is 0. The van der Waals surface area contributed by atoms with Crippen LogP contribution in [0, 0.1) is 0 Å². The molecule has 174 valence electrons. The summed E-state index contributed by atoms with van der Waals surface area (Å²) < 4.78 is 42.2. The number of carbonyl (C=O) groups is 1. The number of aromatic nitrogens is 3. The quantitative estimate of drug-likeness (QED) is 0.450. The summed E-state index contributed by atoms with van der Waals surface area (Å²) in [4.78, 5) is 25.7. The molecule has 0 radical (unpaired) electrons. The maximum atomic E-state index is 13.2. The van der Waals surface area contributed by atoms with Crippen molar-refractivity contribution in [2.45, 2.75) is 31.6 Å². The molecule has 0 aliphatic heterocycles. The summed E-state index contributed by atoms with van der Waals surface area (Å²) in [7, 11) is 0. The van der Waals surface area contributed by atoms with Crippen LogP contribution in [0.25, 0.3) is 22.2 Å². The van der Waals surface area contributed by atoms with E-state index in [9.17, 15) is 22.8 Å². The highest BCUT2D eigenvalue weighted by molar-refractivity contribution is 6.06. The van der Waals surface area contributed by atoms with Gasteiger partial charge in [0.1, 0.15) is 0 Å². The standard InChI is InChI=1S/C25H21F3N4O2/c26-25(27,28)18-8-3-7-17(15-18)22-30-31(24(34)32(22)19-11-12-19)14-13-29-23(33)21-10-4-6-16-5-1-2-9-20(16)21/h1-10,15,19H,11-14H2,(H,29,33). The second kappa shape index (κ2) is 8.48. The van der Waals surface area contributed by atoms with Crippen LogP contribution in [-0.4, -0.2) is 26.8 Å². The average Bonchev–Trinajstić information content (AvgIpc) is 3.61. The van der Waals surface area contributed by atoms with Crippen LogP contribution in [0.1, 0.15) is 34.8 Å². The molecule has 0 spiro atoms. The van der Waals surface area contributed by atoms with Crippen molar-refractivity contribution in [1.82, 2.24) is 19.7 Å². The van der Waals surface area contributed by atoms with E-state index in [2.05, 4.69) is 10.4 Å². The molecular weight excluding hydrogens is 445 g/mol. The molecule has 4 aromatic rings. The van der Waals surface area contributed by atoms with E-state index in [-0.39, 0.29) is 36.4 Å². The van der Waals surface area contributed by atoms with Crippen molar-refractivity contribution < 1.29 is 18.0 Å². The van der Waals surface area contributed by atoms with Crippen molar-refractivity contribution in [2.75, 3.05) is 6.54 Å². The van der Waals surface area contributed by atoms with E-state index in [4.69, 9.17) is 0 Å². The summed E-state index contributed by atoms with van der Waals surface area (Å²) in [5.74, 6) is -0.0662. The van der Waals surface area contributed by atoms with Gasteiger partial charge in [-0.3, -0.25) is 9.36 Å². The van der Waals surface area contributed by atoms with Crippen LogP contribution in [0.2, 0.25) is 0 Å². The zero-order valence-corrected chi connectivity index (χ0v) is 18.0. The molecule has 1 saturated carbocycles. The maximum absolute atomic E-state index is 13.2. The van der Waals surface area contributed by atoms with Crippen LogP contribution in [0.5, 0.6) is 0 Å². The molecule has 0 atom stereocenters. The Morgan fingerprint density at radius 2 is 1.76 bits per heavy atom. The zero-order chi connectivity index (χ0) is 23.9. The highest BCUT2D eigenvalue weighted by Gasteiger charge is 2.33. The lowest BCUT2D eigenvalue weighted by atomic mass is 10.0. The smallest absolute Gasteiger partial charge is 0.350 e. The van der Waals surface area contributed by atoms with Gasteiger partial charge < -0.3 is 5.32 Å². The van der Waals surface area contributed by atoms with Crippen molar-refractivity contribution >= 4 is 16.7 Å². The zero-order valence-electron chi connectivity index (χ0n) is 18.0. The van der Waals surface area contributed by atoms with Crippen LogP contribution < -0.4 is 11.0 Å². The first kappa shape index (κ1) is 21.9. The lowest BCUT2D eigenvalue weighted by molar-refractivity contribution is -0.137. The molecule has 34 heavy (non-hydrogen) atoms. The number of nitrogens with one attached hydrogen (secondary N) is 1. The van der Waals surface area contributed by atoms with Gasteiger partial charge in [0.25, 0.3) is 5.91 Å². The van der Waals surface area contributed by atoms with E-state index in [0.29, 0.717) is 5.56 Å². The average molecular weight is 466 g/mol. The van der Waals surface area contributed by atoms with Crippen molar-refractivity contribution in [3.63, 3.8) is 0 Å². The summed E-state index contributed by atoms with van der Waals surface area (Å²) in [6.07, 6.45) is -2.94. The van der Waals surface area contributed by atoms with Gasteiger partial charge in [0.05, 0.1) is 12.1 Å². The summed E-state index contributed by atoms with van der Waals surface area (Å²) in [6, 6.07) is 17.8. The molecule has 1 aliphatic rings. The van der Waals surface area contributed by atoms with Gasteiger partial charge in [0, 0.05) is 23.7 Å². The first-order valence-corrected chi connectivity index (χ1v) is 11.0. The Morgan fingerprint density at radius 3 is 2.53 bits per heavy atom. The number of rotatable bonds is 6. The summed E-state index contributed by atoms with van der Waals surface area (Å²) in [6.45, 7) is 0.243. The van der Waals surface area contributed by atoms with Crippen molar-refractivity contribution in [3.8, 4) is 11.4 Å². The first-order chi connectivity index (χ1) is 16.3.